The van der Waals surface area contributed by atoms with Crippen LogP contribution in [0.2, 0.25) is 0 Å². The van der Waals surface area contributed by atoms with Crippen LogP contribution in [-0.4, -0.2) is 10.8 Å². The van der Waals surface area contributed by atoms with Crippen molar-refractivity contribution in [1.82, 2.24) is 0 Å². The van der Waals surface area contributed by atoms with Gasteiger partial charge in [-0.1, -0.05) is 38.2 Å². The van der Waals surface area contributed by atoms with Gasteiger partial charge in [-0.3, -0.25) is 4.79 Å². The van der Waals surface area contributed by atoms with E-state index in [-0.39, 0.29) is 28.0 Å². The minimum atomic E-state index is -0.357. The molecule has 0 aromatic heterocycles. The van der Waals surface area contributed by atoms with Crippen LogP contribution in [0.15, 0.2) is 47.1 Å². The third kappa shape index (κ3) is 3.09. The van der Waals surface area contributed by atoms with Gasteiger partial charge in [-0.05, 0) is 45.7 Å². The van der Waals surface area contributed by atoms with E-state index in [9.17, 15) is 4.79 Å². The summed E-state index contributed by atoms with van der Waals surface area (Å²) in [4.78, 5) is 13.1. The van der Waals surface area contributed by atoms with Gasteiger partial charge in [0.1, 0.15) is 10.7 Å². The van der Waals surface area contributed by atoms with Gasteiger partial charge in [0.05, 0.1) is 5.57 Å². The van der Waals surface area contributed by atoms with Crippen LogP contribution in [0, 0.1) is 8.99 Å². The molecule has 24 heavy (non-hydrogen) atoms. The van der Waals surface area contributed by atoms with Crippen molar-refractivity contribution in [1.29, 1.82) is 0 Å². The Labute approximate surface area is 160 Å². The molecular formula is C18H19IN2O2S. The molecule has 1 aliphatic carbocycles. The number of ether oxygens (including phenoxy) is 1. The smallest absolute Gasteiger partial charge is 0.197 e. The molecule has 0 saturated heterocycles. The zero-order valence-corrected chi connectivity index (χ0v) is 16.5. The van der Waals surface area contributed by atoms with Crippen molar-refractivity contribution in [2.24, 2.45) is 16.9 Å². The number of hydrogen-bond donors (Lipinski definition) is 2. The fraction of sp³-hybridized carbons (Fsp3) is 0.333. The van der Waals surface area contributed by atoms with E-state index in [0.29, 0.717) is 29.7 Å². The molecule has 0 radical (unpaired) electrons. The normalized spacial score (nSPS) is 23.0. The molecule has 2 aliphatic rings. The number of hydrogen-bond acceptors (Lipinski definition) is 4. The first kappa shape index (κ1) is 17.4. The summed E-state index contributed by atoms with van der Waals surface area (Å²) in [6.45, 7) is 4.11. The van der Waals surface area contributed by atoms with E-state index in [1.165, 1.54) is 0 Å². The SMILES string of the molecule is CC1(C)CC(=O)C2=C(C1)OC(N)=C(C(N)=S)C2c1cccc(I)c1. The monoisotopic (exact) mass is 454 g/mol. The maximum Gasteiger partial charge on any atom is 0.197 e. The Bertz CT molecular complexity index is 811. The number of carbonyl (C=O) groups is 1. The van der Waals surface area contributed by atoms with Crippen molar-refractivity contribution in [2.75, 3.05) is 0 Å². The minimum Gasteiger partial charge on any atom is -0.445 e. The number of halogens is 1. The number of allylic oxidation sites excluding steroid dienone is 2. The highest BCUT2D eigenvalue weighted by Crippen LogP contribution is 2.48. The van der Waals surface area contributed by atoms with Crippen molar-refractivity contribution in [2.45, 2.75) is 32.6 Å². The molecule has 1 aromatic carbocycles. The van der Waals surface area contributed by atoms with Gasteiger partial charge in [-0.2, -0.15) is 0 Å². The molecule has 3 rings (SSSR count). The lowest BCUT2D eigenvalue weighted by Crippen LogP contribution is -2.36. The first-order valence-electron chi connectivity index (χ1n) is 7.68. The number of nitrogens with two attached hydrogens (primary N) is 2. The second-order valence-electron chi connectivity index (χ2n) is 7.01. The van der Waals surface area contributed by atoms with E-state index in [2.05, 4.69) is 36.4 Å². The molecule has 1 aromatic rings. The van der Waals surface area contributed by atoms with E-state index < -0.39 is 0 Å². The molecule has 0 bridgehead atoms. The van der Waals surface area contributed by atoms with Gasteiger partial charge in [0.2, 0.25) is 0 Å². The molecule has 6 heteroatoms. The van der Waals surface area contributed by atoms with E-state index in [4.69, 9.17) is 28.4 Å². The number of rotatable bonds is 2. The predicted octanol–water partition coefficient (Wildman–Crippen LogP) is 3.50. The Morgan fingerprint density at radius 3 is 2.71 bits per heavy atom. The zero-order valence-electron chi connectivity index (χ0n) is 13.6. The Morgan fingerprint density at radius 1 is 1.38 bits per heavy atom. The maximum atomic E-state index is 12.9. The van der Waals surface area contributed by atoms with Crippen molar-refractivity contribution in [3.63, 3.8) is 0 Å². The van der Waals surface area contributed by atoms with E-state index >= 15 is 0 Å². The number of benzene rings is 1. The molecule has 4 N–H and O–H groups in total. The summed E-state index contributed by atoms with van der Waals surface area (Å²) in [6, 6.07) is 7.95. The summed E-state index contributed by atoms with van der Waals surface area (Å²) in [6.07, 6.45) is 1.14. The quantitative estimate of drug-likeness (QED) is 0.529. The highest BCUT2D eigenvalue weighted by atomic mass is 127. The summed E-state index contributed by atoms with van der Waals surface area (Å²) in [5, 5.41) is 0. The lowest BCUT2D eigenvalue weighted by Gasteiger charge is -2.38. The lowest BCUT2D eigenvalue weighted by molar-refractivity contribution is -0.119. The third-order valence-electron chi connectivity index (χ3n) is 4.40. The number of Topliss-reactive ketones (excluding diaryl/α,β-unsaturated/α-hetero) is 1. The van der Waals surface area contributed by atoms with Crippen LogP contribution in [0.4, 0.5) is 0 Å². The number of ketones is 1. The van der Waals surface area contributed by atoms with Crippen molar-refractivity contribution < 1.29 is 9.53 Å². The molecule has 0 saturated carbocycles. The van der Waals surface area contributed by atoms with Crippen LogP contribution >= 0.6 is 34.8 Å². The summed E-state index contributed by atoms with van der Waals surface area (Å²) >= 11 is 7.45. The molecule has 1 aliphatic heterocycles. The Hall–Kier alpha value is -1.41. The standard InChI is InChI=1S/C18H19IN2O2S/c1-18(2)7-11(22)14-12(8-18)23-16(20)15(17(21)24)13(14)9-4-3-5-10(19)6-9/h3-6,13H,7-8,20H2,1-2H3,(H2,21,24). The van der Waals surface area contributed by atoms with Crippen molar-refractivity contribution >= 4 is 45.6 Å². The number of carbonyl (C=O) groups excluding carboxylic acids is 1. The second kappa shape index (κ2) is 6.15. The van der Waals surface area contributed by atoms with Gasteiger partial charge >= 0.3 is 0 Å². The summed E-state index contributed by atoms with van der Waals surface area (Å²) in [5.74, 6) is 0.573. The topological polar surface area (TPSA) is 78.3 Å². The molecular weight excluding hydrogens is 435 g/mol. The van der Waals surface area contributed by atoms with Crippen LogP contribution in [0.3, 0.4) is 0 Å². The minimum absolute atomic E-state index is 0.0753. The molecule has 126 valence electrons. The highest BCUT2D eigenvalue weighted by molar-refractivity contribution is 14.1. The molecule has 1 unspecified atom stereocenters. The Balaban J connectivity index is 2.22. The van der Waals surface area contributed by atoms with E-state index in [1.54, 1.807) is 0 Å². The second-order valence-corrected chi connectivity index (χ2v) is 8.70. The molecule has 0 fully saturated rings. The predicted molar refractivity (Wildman–Crippen MR) is 106 cm³/mol. The molecule has 1 atom stereocenters. The van der Waals surface area contributed by atoms with Crippen LogP contribution in [-0.2, 0) is 9.53 Å². The molecule has 4 nitrogen and oxygen atoms in total. The van der Waals surface area contributed by atoms with Crippen LogP contribution in [0.5, 0.6) is 0 Å². The van der Waals surface area contributed by atoms with Crippen molar-refractivity contribution in [3.8, 4) is 0 Å². The maximum absolute atomic E-state index is 12.9. The first-order chi connectivity index (χ1) is 11.2. The molecule has 1 heterocycles. The van der Waals surface area contributed by atoms with Crippen LogP contribution in [0.1, 0.15) is 38.2 Å². The average molecular weight is 454 g/mol. The first-order valence-corrected chi connectivity index (χ1v) is 9.17. The fourth-order valence-corrected chi connectivity index (χ4v) is 4.23. The van der Waals surface area contributed by atoms with E-state index in [1.807, 2.05) is 24.3 Å². The lowest BCUT2D eigenvalue weighted by atomic mass is 9.70. The van der Waals surface area contributed by atoms with Gasteiger partial charge in [0.25, 0.3) is 0 Å². The van der Waals surface area contributed by atoms with Crippen LogP contribution < -0.4 is 11.5 Å². The molecule has 0 spiro atoms. The molecule has 0 amide bonds. The summed E-state index contributed by atoms with van der Waals surface area (Å²) in [5.41, 5.74) is 14.0. The van der Waals surface area contributed by atoms with Gasteiger partial charge in [0.15, 0.2) is 11.7 Å². The highest BCUT2D eigenvalue weighted by Gasteiger charge is 2.43. The zero-order chi connectivity index (χ0) is 17.6. The third-order valence-corrected chi connectivity index (χ3v) is 5.29. The summed E-state index contributed by atoms with van der Waals surface area (Å²) in [7, 11) is 0. The summed E-state index contributed by atoms with van der Waals surface area (Å²) < 4.78 is 6.87. The Kier molecular flexibility index (Phi) is 4.46. The Morgan fingerprint density at radius 2 is 2.08 bits per heavy atom. The van der Waals surface area contributed by atoms with Crippen molar-refractivity contribution in [3.05, 3.63) is 56.2 Å². The number of thiocarbonyl (C=S) groups is 1. The van der Waals surface area contributed by atoms with E-state index in [0.717, 1.165) is 9.13 Å². The average Bonchev–Trinajstić information content (AvgIpc) is 2.43. The largest absolute Gasteiger partial charge is 0.445 e. The van der Waals surface area contributed by atoms with Crippen LogP contribution in [0.25, 0.3) is 0 Å². The van der Waals surface area contributed by atoms with Gasteiger partial charge < -0.3 is 16.2 Å². The van der Waals surface area contributed by atoms with Gasteiger partial charge in [-0.25, -0.2) is 0 Å². The van der Waals surface area contributed by atoms with Gasteiger partial charge in [0, 0.05) is 27.9 Å². The van der Waals surface area contributed by atoms with Gasteiger partial charge in [-0.15, -0.1) is 0 Å². The fourth-order valence-electron chi connectivity index (χ4n) is 3.45.